The van der Waals surface area contributed by atoms with E-state index in [2.05, 4.69) is 14.7 Å². The zero-order valence-electron chi connectivity index (χ0n) is 12.3. The average molecular weight is 348 g/mol. The maximum absolute atomic E-state index is 12.3. The first kappa shape index (κ1) is 15.9. The number of rotatable bonds is 7. The van der Waals surface area contributed by atoms with Gasteiger partial charge in [-0.05, 0) is 24.6 Å². The van der Waals surface area contributed by atoms with Crippen LogP contribution in [0.15, 0.2) is 59.6 Å². The molecule has 0 aromatic carbocycles. The Balaban J connectivity index is 1.60. The Labute approximate surface area is 138 Å². The summed E-state index contributed by atoms with van der Waals surface area (Å²) in [4.78, 5) is 8.89. The topological polar surface area (TPSA) is 76.9 Å². The molecule has 8 heteroatoms. The van der Waals surface area contributed by atoms with Crippen LogP contribution in [-0.2, 0) is 16.6 Å². The summed E-state index contributed by atoms with van der Waals surface area (Å²) in [7, 11) is -3.47. The number of imidazole rings is 1. The zero-order valence-corrected chi connectivity index (χ0v) is 13.9. The van der Waals surface area contributed by atoms with Crippen LogP contribution >= 0.6 is 11.3 Å². The monoisotopic (exact) mass is 348 g/mol. The Morgan fingerprint density at radius 1 is 1.17 bits per heavy atom. The first-order valence-electron chi connectivity index (χ1n) is 7.11. The van der Waals surface area contributed by atoms with Crippen molar-refractivity contribution in [2.45, 2.75) is 17.2 Å². The fourth-order valence-corrected chi connectivity index (χ4v) is 4.50. The van der Waals surface area contributed by atoms with E-state index >= 15 is 0 Å². The third-order valence-corrected chi connectivity index (χ3v) is 6.32. The highest BCUT2D eigenvalue weighted by molar-refractivity contribution is 7.91. The molecule has 0 aliphatic heterocycles. The van der Waals surface area contributed by atoms with E-state index in [4.69, 9.17) is 0 Å². The Morgan fingerprint density at radius 2 is 2.09 bits per heavy atom. The number of nitrogens with zero attached hydrogens (tertiary/aromatic N) is 3. The van der Waals surface area contributed by atoms with E-state index in [-0.39, 0.29) is 0 Å². The highest BCUT2D eigenvalue weighted by atomic mass is 32.2. The number of hydrogen-bond donors (Lipinski definition) is 1. The Morgan fingerprint density at radius 3 is 2.83 bits per heavy atom. The molecule has 0 bridgehead atoms. The van der Waals surface area contributed by atoms with Crippen molar-refractivity contribution >= 4 is 21.4 Å². The normalized spacial score (nSPS) is 11.7. The minimum absolute atomic E-state index is 0.319. The second-order valence-electron chi connectivity index (χ2n) is 4.91. The minimum atomic E-state index is -3.47. The smallest absolute Gasteiger partial charge is 0.250 e. The van der Waals surface area contributed by atoms with Crippen molar-refractivity contribution in [2.75, 3.05) is 6.54 Å². The number of sulfonamides is 1. The number of aromatic nitrogens is 3. The molecule has 6 nitrogen and oxygen atoms in total. The number of aryl methyl sites for hydroxylation is 1. The summed E-state index contributed by atoms with van der Waals surface area (Å²) in [5.41, 5.74) is 0.916. The third kappa shape index (κ3) is 4.04. The lowest BCUT2D eigenvalue weighted by Gasteiger charge is -2.05. The minimum Gasteiger partial charge on any atom is -0.337 e. The first-order chi connectivity index (χ1) is 11.1. The van der Waals surface area contributed by atoms with Crippen LogP contribution in [-0.4, -0.2) is 29.5 Å². The zero-order chi connectivity index (χ0) is 16.1. The molecule has 0 radical (unpaired) electrons. The van der Waals surface area contributed by atoms with E-state index in [1.807, 2.05) is 29.0 Å². The Kier molecular flexibility index (Phi) is 4.85. The lowest BCUT2D eigenvalue weighted by Crippen LogP contribution is -2.24. The lowest BCUT2D eigenvalue weighted by molar-refractivity contribution is 0.571. The molecular formula is C15H16N4O2S2. The average Bonchev–Trinajstić information content (AvgIpc) is 3.24. The van der Waals surface area contributed by atoms with Gasteiger partial charge in [0.2, 0.25) is 10.0 Å². The molecule has 0 amide bonds. The highest BCUT2D eigenvalue weighted by Crippen LogP contribution is 2.29. The molecule has 120 valence electrons. The van der Waals surface area contributed by atoms with Crippen molar-refractivity contribution < 1.29 is 8.42 Å². The molecular weight excluding hydrogens is 332 g/mol. The standard InChI is InChI=1S/C15H16N4O2S2/c20-23(21,18-7-2-9-19-10-8-17-12-19)15-5-4-14(22-15)13-3-1-6-16-11-13/h1,3-6,8,10-12,18H,2,7,9H2. The molecule has 3 aromatic rings. The molecule has 0 aliphatic carbocycles. The maximum Gasteiger partial charge on any atom is 0.250 e. The molecule has 0 fully saturated rings. The van der Waals surface area contributed by atoms with Crippen LogP contribution < -0.4 is 4.72 Å². The van der Waals surface area contributed by atoms with Crippen molar-refractivity contribution in [3.63, 3.8) is 0 Å². The highest BCUT2D eigenvalue weighted by Gasteiger charge is 2.16. The van der Waals surface area contributed by atoms with Gasteiger partial charge < -0.3 is 4.57 Å². The van der Waals surface area contributed by atoms with Crippen molar-refractivity contribution in [3.8, 4) is 10.4 Å². The molecule has 0 aliphatic rings. The summed E-state index contributed by atoms with van der Waals surface area (Å²) in [5.74, 6) is 0. The van der Waals surface area contributed by atoms with Crippen molar-refractivity contribution in [3.05, 3.63) is 55.4 Å². The van der Waals surface area contributed by atoms with Crippen LogP contribution in [0, 0.1) is 0 Å². The molecule has 0 atom stereocenters. The van der Waals surface area contributed by atoms with Gasteiger partial charge in [-0.3, -0.25) is 4.98 Å². The fraction of sp³-hybridized carbons (Fsp3) is 0.200. The summed E-state index contributed by atoms with van der Waals surface area (Å²) in [5, 5.41) is 0. The van der Waals surface area contributed by atoms with E-state index in [1.165, 1.54) is 11.3 Å². The Bertz CT molecular complexity index is 843. The van der Waals surface area contributed by atoms with Crippen LogP contribution in [0.25, 0.3) is 10.4 Å². The molecule has 0 saturated heterocycles. The number of nitrogens with one attached hydrogen (secondary N) is 1. The van der Waals surface area contributed by atoms with Crippen LogP contribution in [0.1, 0.15) is 6.42 Å². The van der Waals surface area contributed by atoms with Gasteiger partial charge in [0, 0.05) is 48.3 Å². The summed E-state index contributed by atoms with van der Waals surface area (Å²) in [6, 6.07) is 7.18. The predicted molar refractivity (Wildman–Crippen MR) is 89.6 cm³/mol. The molecule has 23 heavy (non-hydrogen) atoms. The second-order valence-corrected chi connectivity index (χ2v) is 7.99. The summed E-state index contributed by atoms with van der Waals surface area (Å²) >= 11 is 1.24. The van der Waals surface area contributed by atoms with Gasteiger partial charge in [0.1, 0.15) is 4.21 Å². The number of pyridine rings is 1. The quantitative estimate of drug-likeness (QED) is 0.665. The van der Waals surface area contributed by atoms with E-state index in [1.54, 1.807) is 31.0 Å². The maximum atomic E-state index is 12.3. The first-order valence-corrected chi connectivity index (χ1v) is 9.41. The molecule has 0 saturated carbocycles. The van der Waals surface area contributed by atoms with Gasteiger partial charge in [-0.25, -0.2) is 18.1 Å². The fourth-order valence-electron chi connectivity index (χ4n) is 2.09. The molecule has 0 unspecified atom stereocenters. The number of thiophene rings is 1. The van der Waals surface area contributed by atoms with Gasteiger partial charge in [-0.1, -0.05) is 6.07 Å². The summed E-state index contributed by atoms with van der Waals surface area (Å²) in [6.07, 6.45) is 9.39. The molecule has 0 spiro atoms. The van der Waals surface area contributed by atoms with Crippen LogP contribution in [0.3, 0.4) is 0 Å². The molecule has 3 aromatic heterocycles. The van der Waals surface area contributed by atoms with E-state index in [0.717, 1.165) is 17.0 Å². The van der Waals surface area contributed by atoms with E-state index in [0.29, 0.717) is 17.2 Å². The number of hydrogen-bond acceptors (Lipinski definition) is 5. The van der Waals surface area contributed by atoms with Crippen molar-refractivity contribution in [2.24, 2.45) is 0 Å². The van der Waals surface area contributed by atoms with Crippen molar-refractivity contribution in [1.82, 2.24) is 19.3 Å². The molecule has 1 N–H and O–H groups in total. The van der Waals surface area contributed by atoms with Gasteiger partial charge in [0.05, 0.1) is 6.33 Å². The van der Waals surface area contributed by atoms with Gasteiger partial charge >= 0.3 is 0 Å². The Hall–Kier alpha value is -2.03. The third-order valence-electron chi connectivity index (χ3n) is 3.24. The van der Waals surface area contributed by atoms with Gasteiger partial charge in [0.25, 0.3) is 0 Å². The van der Waals surface area contributed by atoms with E-state index in [9.17, 15) is 8.42 Å². The summed E-state index contributed by atoms with van der Waals surface area (Å²) in [6.45, 7) is 1.12. The predicted octanol–water partition coefficient (Wildman–Crippen LogP) is 2.38. The van der Waals surface area contributed by atoms with Crippen LogP contribution in [0.5, 0.6) is 0 Å². The van der Waals surface area contributed by atoms with Crippen LogP contribution in [0.2, 0.25) is 0 Å². The largest absolute Gasteiger partial charge is 0.337 e. The van der Waals surface area contributed by atoms with Crippen molar-refractivity contribution in [1.29, 1.82) is 0 Å². The van der Waals surface area contributed by atoms with Crippen LogP contribution in [0.4, 0.5) is 0 Å². The van der Waals surface area contributed by atoms with E-state index < -0.39 is 10.0 Å². The van der Waals surface area contributed by atoms with Gasteiger partial charge in [0.15, 0.2) is 0 Å². The lowest BCUT2D eigenvalue weighted by atomic mass is 10.2. The second kappa shape index (κ2) is 7.03. The summed E-state index contributed by atoms with van der Waals surface area (Å²) < 4.78 is 29.5. The van der Waals surface area contributed by atoms with Gasteiger partial charge in [-0.2, -0.15) is 0 Å². The molecule has 3 heterocycles. The molecule has 3 rings (SSSR count). The SMILES string of the molecule is O=S(=O)(NCCCn1ccnc1)c1ccc(-c2cccnc2)s1. The van der Waals surface area contributed by atoms with Gasteiger partial charge in [-0.15, -0.1) is 11.3 Å².